The van der Waals surface area contributed by atoms with E-state index < -0.39 is 0 Å². The van der Waals surface area contributed by atoms with Gasteiger partial charge in [0.05, 0.1) is 31.1 Å². The highest BCUT2D eigenvalue weighted by molar-refractivity contribution is 5.75. The monoisotopic (exact) mass is 395 g/mol. The lowest BCUT2D eigenvalue weighted by molar-refractivity contribution is 0.221. The molecule has 2 bridgehead atoms. The van der Waals surface area contributed by atoms with Crippen LogP contribution >= 0.6 is 0 Å². The molecule has 150 valence electrons. The van der Waals surface area contributed by atoms with Crippen molar-refractivity contribution >= 4 is 17.2 Å². The van der Waals surface area contributed by atoms with Crippen LogP contribution in [-0.2, 0) is 6.54 Å². The number of benzene rings is 1. The Hall–Kier alpha value is -3.29. The maximum Gasteiger partial charge on any atom is 0.180 e. The van der Waals surface area contributed by atoms with Crippen molar-refractivity contribution in [1.29, 1.82) is 0 Å². The van der Waals surface area contributed by atoms with E-state index >= 15 is 0 Å². The van der Waals surface area contributed by atoms with Crippen LogP contribution in [0.5, 0.6) is 11.5 Å². The van der Waals surface area contributed by atoms with E-state index in [1.54, 1.807) is 16.8 Å². The van der Waals surface area contributed by atoms with E-state index in [2.05, 4.69) is 21.9 Å². The normalized spacial score (nSPS) is 19.2. The largest absolute Gasteiger partial charge is 0.489 e. The third-order valence-electron chi connectivity index (χ3n) is 5.21. The van der Waals surface area contributed by atoms with E-state index in [1.807, 2.05) is 13.1 Å². The number of fused-ring (bicyclic) bond motifs is 1. The Morgan fingerprint density at radius 2 is 2.21 bits per heavy atom. The van der Waals surface area contributed by atoms with Crippen molar-refractivity contribution in [3.63, 3.8) is 0 Å². The van der Waals surface area contributed by atoms with E-state index in [-0.39, 0.29) is 11.9 Å². The topological polar surface area (TPSA) is 63.9 Å². The minimum atomic E-state index is -0.288. The second kappa shape index (κ2) is 6.95. The number of nitrogens with zero attached hydrogens (tertiary/aromatic N) is 4. The average Bonchev–Trinajstić information content (AvgIpc) is 3.02. The van der Waals surface area contributed by atoms with E-state index in [0.717, 1.165) is 29.8 Å². The molecule has 0 fully saturated rings. The number of hydrogen-bond acceptors (Lipinski definition) is 6. The number of halogens is 1. The Bertz CT molecular complexity index is 1100. The van der Waals surface area contributed by atoms with Crippen LogP contribution in [0.3, 0.4) is 0 Å². The highest BCUT2D eigenvalue weighted by atomic mass is 19.1. The van der Waals surface area contributed by atoms with Crippen LogP contribution in [0.4, 0.5) is 10.2 Å². The Kier molecular flexibility index (Phi) is 4.26. The van der Waals surface area contributed by atoms with Crippen molar-refractivity contribution < 1.29 is 13.9 Å². The maximum absolute atomic E-state index is 14.0. The predicted molar refractivity (Wildman–Crippen MR) is 108 cm³/mol. The molecule has 0 amide bonds. The predicted octanol–water partition coefficient (Wildman–Crippen LogP) is 3.00. The van der Waals surface area contributed by atoms with Gasteiger partial charge in [0.2, 0.25) is 0 Å². The Morgan fingerprint density at radius 1 is 1.31 bits per heavy atom. The molecule has 2 aliphatic heterocycles. The molecule has 0 spiro atoms. The number of rotatable bonds is 0. The second-order valence-electron chi connectivity index (χ2n) is 7.42. The van der Waals surface area contributed by atoms with Gasteiger partial charge in [-0.25, -0.2) is 13.9 Å². The summed E-state index contributed by atoms with van der Waals surface area (Å²) < 4.78 is 27.8. The standard InChI is InChI=1S/C21H22FN5O2/c1-13-9-23-14(2)17-10-24-27-12-19-21(25-20(17)27)26(6-3-7-28-19)11-15-8-16(22)4-5-18(15)29-13/h4-5,8,10,12-13,23H,2-3,6-7,9,11H2,1H3/t13-/m0/s1. The van der Waals surface area contributed by atoms with Gasteiger partial charge in [-0.05, 0) is 31.5 Å². The lowest BCUT2D eigenvalue weighted by atomic mass is 10.1. The van der Waals surface area contributed by atoms with Crippen LogP contribution < -0.4 is 19.7 Å². The quantitative estimate of drug-likeness (QED) is 0.631. The lowest BCUT2D eigenvalue weighted by Gasteiger charge is -2.24. The number of anilines is 1. The van der Waals surface area contributed by atoms with Gasteiger partial charge in [0.15, 0.2) is 17.2 Å². The van der Waals surface area contributed by atoms with Gasteiger partial charge in [0.1, 0.15) is 17.7 Å². The summed E-state index contributed by atoms with van der Waals surface area (Å²) in [6.45, 7) is 8.46. The Balaban J connectivity index is 1.69. The van der Waals surface area contributed by atoms with Gasteiger partial charge in [-0.2, -0.15) is 5.10 Å². The molecule has 29 heavy (non-hydrogen) atoms. The van der Waals surface area contributed by atoms with Crippen molar-refractivity contribution in [2.24, 2.45) is 0 Å². The minimum absolute atomic E-state index is 0.137. The molecule has 2 aromatic heterocycles. The summed E-state index contributed by atoms with van der Waals surface area (Å²) in [5.74, 6) is 1.75. The zero-order chi connectivity index (χ0) is 20.0. The second-order valence-corrected chi connectivity index (χ2v) is 7.42. The summed E-state index contributed by atoms with van der Waals surface area (Å²) in [7, 11) is 0. The van der Waals surface area contributed by atoms with Gasteiger partial charge >= 0.3 is 0 Å². The molecule has 1 N–H and O–H groups in total. The van der Waals surface area contributed by atoms with E-state index in [9.17, 15) is 4.39 Å². The first-order valence-electron chi connectivity index (χ1n) is 9.73. The van der Waals surface area contributed by atoms with E-state index in [1.165, 1.54) is 12.1 Å². The van der Waals surface area contributed by atoms with Gasteiger partial charge in [-0.3, -0.25) is 0 Å². The summed E-state index contributed by atoms with van der Waals surface area (Å²) in [4.78, 5) is 6.98. The first-order valence-corrected chi connectivity index (χ1v) is 9.73. The summed E-state index contributed by atoms with van der Waals surface area (Å²) >= 11 is 0. The zero-order valence-electron chi connectivity index (χ0n) is 16.2. The summed E-state index contributed by atoms with van der Waals surface area (Å²) in [6, 6.07) is 4.65. The summed E-state index contributed by atoms with van der Waals surface area (Å²) in [6.07, 6.45) is 4.29. The van der Waals surface area contributed by atoms with Gasteiger partial charge in [-0.15, -0.1) is 0 Å². The molecule has 0 unspecified atom stereocenters. The van der Waals surface area contributed by atoms with Crippen molar-refractivity contribution in [3.8, 4) is 11.5 Å². The average molecular weight is 395 g/mol. The Morgan fingerprint density at radius 3 is 3.10 bits per heavy atom. The van der Waals surface area contributed by atoms with Crippen LogP contribution in [0.15, 0.2) is 37.2 Å². The molecular formula is C21H22FN5O2. The smallest absolute Gasteiger partial charge is 0.180 e. The van der Waals surface area contributed by atoms with Crippen molar-refractivity contribution in [1.82, 2.24) is 19.9 Å². The fourth-order valence-electron chi connectivity index (χ4n) is 3.74. The maximum atomic E-state index is 14.0. The third kappa shape index (κ3) is 3.24. The highest BCUT2D eigenvalue weighted by Crippen LogP contribution is 2.33. The number of ether oxygens (including phenoxy) is 2. The fourth-order valence-corrected chi connectivity index (χ4v) is 3.74. The minimum Gasteiger partial charge on any atom is -0.489 e. The number of aromatic nitrogens is 3. The molecule has 3 aromatic rings. The van der Waals surface area contributed by atoms with Gasteiger partial charge in [0.25, 0.3) is 0 Å². The molecular weight excluding hydrogens is 373 g/mol. The number of nitrogens with one attached hydrogen (secondary N) is 1. The molecule has 7 nitrogen and oxygen atoms in total. The summed E-state index contributed by atoms with van der Waals surface area (Å²) in [5, 5.41) is 7.71. The van der Waals surface area contributed by atoms with Crippen LogP contribution in [-0.4, -0.2) is 40.4 Å². The van der Waals surface area contributed by atoms with Gasteiger partial charge in [0, 0.05) is 24.4 Å². The molecule has 8 heteroatoms. The SMILES string of the molecule is C=C1NC[C@H](C)Oc2ccc(F)cc2CN2CCCOc3cn4ncc1c4nc32. The van der Waals surface area contributed by atoms with Crippen LogP contribution in [0.25, 0.3) is 11.3 Å². The van der Waals surface area contributed by atoms with E-state index in [0.29, 0.717) is 42.7 Å². The zero-order valence-corrected chi connectivity index (χ0v) is 16.2. The first-order chi connectivity index (χ1) is 14.1. The van der Waals surface area contributed by atoms with Gasteiger partial charge in [-0.1, -0.05) is 6.58 Å². The molecule has 0 saturated heterocycles. The van der Waals surface area contributed by atoms with Crippen molar-refractivity contribution in [3.05, 3.63) is 54.1 Å². The molecule has 2 aliphatic rings. The molecule has 1 atom stereocenters. The first kappa shape index (κ1) is 17.8. The van der Waals surface area contributed by atoms with Crippen LogP contribution in [0.2, 0.25) is 0 Å². The molecule has 0 radical (unpaired) electrons. The van der Waals surface area contributed by atoms with Crippen LogP contribution in [0, 0.1) is 5.82 Å². The van der Waals surface area contributed by atoms with Crippen LogP contribution in [0.1, 0.15) is 24.5 Å². The molecule has 0 saturated carbocycles. The fraction of sp³-hybridized carbons (Fsp3) is 0.333. The number of hydrogen-bond donors (Lipinski definition) is 1. The highest BCUT2D eigenvalue weighted by Gasteiger charge is 2.24. The molecule has 1 aromatic carbocycles. The third-order valence-corrected chi connectivity index (χ3v) is 5.21. The Labute approximate surface area is 167 Å². The van der Waals surface area contributed by atoms with Gasteiger partial charge < -0.3 is 19.7 Å². The molecule has 0 aliphatic carbocycles. The molecule has 5 rings (SSSR count). The molecule has 4 heterocycles. The van der Waals surface area contributed by atoms with Crippen molar-refractivity contribution in [2.45, 2.75) is 26.0 Å². The van der Waals surface area contributed by atoms with Crippen molar-refractivity contribution in [2.75, 3.05) is 24.6 Å². The summed E-state index contributed by atoms with van der Waals surface area (Å²) in [5.41, 5.74) is 3.02. The van der Waals surface area contributed by atoms with E-state index in [4.69, 9.17) is 14.5 Å². The lowest BCUT2D eigenvalue weighted by Crippen LogP contribution is -2.28.